The van der Waals surface area contributed by atoms with Crippen molar-refractivity contribution in [1.29, 1.82) is 0 Å². The van der Waals surface area contributed by atoms with E-state index in [0.29, 0.717) is 6.42 Å². The zero-order valence-corrected chi connectivity index (χ0v) is 26.2. The molecule has 0 fully saturated rings. The number of allylic oxidation sites excluding steroid dienone is 2. The molecule has 5 rings (SSSR count). The van der Waals surface area contributed by atoms with E-state index in [1.54, 1.807) is 0 Å². The van der Waals surface area contributed by atoms with Gasteiger partial charge in [0.05, 0.1) is 22.1 Å². The zero-order chi connectivity index (χ0) is 28.5. The normalized spacial score (nSPS) is 18.6. The Balaban J connectivity index is 1.53. The lowest BCUT2D eigenvalue weighted by molar-refractivity contribution is -0.122. The van der Waals surface area contributed by atoms with E-state index in [1.165, 1.54) is 54.4 Å². The van der Waals surface area contributed by atoms with E-state index in [0.717, 1.165) is 24.0 Å². The average molecular weight is 545 g/mol. The van der Waals surface area contributed by atoms with Crippen molar-refractivity contribution in [2.24, 2.45) is 4.99 Å². The molecule has 39 heavy (non-hydrogen) atoms. The Morgan fingerprint density at radius 1 is 0.949 bits per heavy atom. The Hall–Kier alpha value is -2.86. The van der Waals surface area contributed by atoms with Gasteiger partial charge in [0, 0.05) is 57.5 Å². The van der Waals surface area contributed by atoms with Crippen LogP contribution in [0.25, 0.3) is 11.1 Å². The second kappa shape index (κ2) is 9.36. The second-order valence-corrected chi connectivity index (χ2v) is 14.7. The number of anilines is 2. The van der Waals surface area contributed by atoms with Gasteiger partial charge in [-0.2, -0.15) is 11.4 Å². The van der Waals surface area contributed by atoms with Crippen molar-refractivity contribution < 1.29 is 4.79 Å². The van der Waals surface area contributed by atoms with Crippen LogP contribution in [0.4, 0.5) is 17.1 Å². The Labute approximate surface area is 237 Å². The van der Waals surface area contributed by atoms with Crippen molar-refractivity contribution in [3.05, 3.63) is 57.4 Å². The first kappa shape index (κ1) is 27.7. The van der Waals surface area contributed by atoms with Crippen LogP contribution in [0.1, 0.15) is 86.3 Å². The molecule has 3 aliphatic heterocycles. The van der Waals surface area contributed by atoms with Crippen LogP contribution in [0.2, 0.25) is 0 Å². The van der Waals surface area contributed by atoms with Gasteiger partial charge in [-0.15, -0.1) is 0 Å². The van der Waals surface area contributed by atoms with Gasteiger partial charge in [0.1, 0.15) is 0 Å². The Morgan fingerprint density at radius 2 is 1.59 bits per heavy atom. The highest BCUT2D eigenvalue weighted by Crippen LogP contribution is 2.44. The van der Waals surface area contributed by atoms with Gasteiger partial charge in [0.25, 0.3) is 0 Å². The third-order valence-corrected chi connectivity index (χ3v) is 9.37. The lowest BCUT2D eigenvalue weighted by Crippen LogP contribution is -2.46. The van der Waals surface area contributed by atoms with Crippen molar-refractivity contribution in [1.82, 2.24) is 5.32 Å². The molecule has 6 heteroatoms. The molecule has 1 amide bonds. The van der Waals surface area contributed by atoms with E-state index in [4.69, 9.17) is 4.99 Å². The summed E-state index contributed by atoms with van der Waals surface area (Å²) >= 11 is 1.19. The van der Waals surface area contributed by atoms with E-state index in [2.05, 4.69) is 100 Å². The number of likely N-dealkylation sites (N-methyl/N-ethyl adjacent to an activating group) is 1. The van der Waals surface area contributed by atoms with Crippen molar-refractivity contribution in [3.63, 3.8) is 0 Å². The molecule has 208 valence electrons. The van der Waals surface area contributed by atoms with Gasteiger partial charge in [0.15, 0.2) is 0 Å². The van der Waals surface area contributed by atoms with E-state index in [1.807, 2.05) is 20.8 Å². The van der Waals surface area contributed by atoms with Crippen LogP contribution in [-0.4, -0.2) is 36.1 Å². The standard InChI is InChI=1S/C33H44N4OS/c1-20-18-32(6,7)36(10)26-16-28-24(14-22(20)26)34-25-15-23-21(2)19-33(8,9)37(27(23)17-29(25)39-28)13-11-12-30(38)35-31(3,4)5/h14-19,39H,11-13H2,1-10H3,(H,35,38). The smallest absolute Gasteiger partial charge is 0.220 e. The topological polar surface area (TPSA) is 47.9 Å². The maximum absolute atomic E-state index is 12.5. The van der Waals surface area contributed by atoms with Crippen LogP contribution in [0.15, 0.2) is 46.3 Å². The summed E-state index contributed by atoms with van der Waals surface area (Å²) in [6, 6.07) is 9.25. The van der Waals surface area contributed by atoms with Gasteiger partial charge >= 0.3 is 0 Å². The monoisotopic (exact) mass is 544 g/mol. The fraction of sp³-hybridized carbons (Fsp3) is 0.485. The molecule has 0 saturated heterocycles. The molecular formula is C33H44N4OS. The molecule has 0 aromatic heterocycles. The number of benzene rings is 2. The van der Waals surface area contributed by atoms with Gasteiger partial charge in [0.2, 0.25) is 5.91 Å². The molecule has 0 unspecified atom stereocenters. The molecule has 3 heterocycles. The van der Waals surface area contributed by atoms with E-state index in [9.17, 15) is 4.79 Å². The van der Waals surface area contributed by atoms with Crippen molar-refractivity contribution in [3.8, 4) is 0 Å². The summed E-state index contributed by atoms with van der Waals surface area (Å²) in [5, 5.41) is 4.16. The van der Waals surface area contributed by atoms with Crippen molar-refractivity contribution in [2.45, 2.75) is 96.7 Å². The van der Waals surface area contributed by atoms with E-state index < -0.39 is 0 Å². The predicted molar refractivity (Wildman–Crippen MR) is 168 cm³/mol. The molecule has 0 atom stereocenters. The summed E-state index contributed by atoms with van der Waals surface area (Å²) in [6.07, 6.45) is 6.04. The highest BCUT2D eigenvalue weighted by molar-refractivity contribution is 7.91. The number of thiol groups is 1. The van der Waals surface area contributed by atoms with Crippen LogP contribution < -0.4 is 20.5 Å². The number of carbonyl (C=O) groups is 1. The van der Waals surface area contributed by atoms with Crippen LogP contribution in [0, 0.1) is 4.51 Å². The maximum Gasteiger partial charge on any atom is 0.220 e. The molecule has 0 bridgehead atoms. The lowest BCUT2D eigenvalue weighted by atomic mass is 9.88. The largest absolute Gasteiger partial charge is 0.365 e. The molecule has 0 aliphatic carbocycles. The summed E-state index contributed by atoms with van der Waals surface area (Å²) in [7, 11) is 2.19. The Kier molecular flexibility index (Phi) is 6.65. The van der Waals surface area contributed by atoms with E-state index >= 15 is 0 Å². The van der Waals surface area contributed by atoms with Gasteiger partial charge in [-0.05, 0) is 104 Å². The summed E-state index contributed by atoms with van der Waals surface area (Å²) < 4.78 is 1.24. The fourth-order valence-electron chi connectivity index (χ4n) is 6.18. The van der Waals surface area contributed by atoms with Gasteiger partial charge in [-0.1, -0.05) is 12.2 Å². The first-order valence-electron chi connectivity index (χ1n) is 14.1. The Bertz CT molecular complexity index is 1560. The van der Waals surface area contributed by atoms with Crippen molar-refractivity contribution >= 4 is 45.5 Å². The number of rotatable bonds is 4. The van der Waals surface area contributed by atoms with Crippen LogP contribution in [0.3, 0.4) is 0 Å². The van der Waals surface area contributed by atoms with E-state index in [-0.39, 0.29) is 22.5 Å². The first-order chi connectivity index (χ1) is 18.1. The summed E-state index contributed by atoms with van der Waals surface area (Å²) in [5.41, 5.74) is 8.34. The number of carbonyl (C=O) groups excluding carboxylic acids is 1. The second-order valence-electron chi connectivity index (χ2n) is 13.5. The number of nitrogens with zero attached hydrogens (tertiary/aromatic N) is 3. The van der Waals surface area contributed by atoms with Crippen LogP contribution >= 0.6 is 11.4 Å². The highest BCUT2D eigenvalue weighted by Gasteiger charge is 2.32. The molecule has 5 nitrogen and oxygen atoms in total. The number of fused-ring (bicyclic) bond motifs is 4. The first-order valence-corrected chi connectivity index (χ1v) is 15.0. The quantitative estimate of drug-likeness (QED) is 0.273. The van der Waals surface area contributed by atoms with Crippen LogP contribution in [0.5, 0.6) is 0 Å². The Morgan fingerprint density at radius 3 is 2.26 bits per heavy atom. The molecule has 0 radical (unpaired) electrons. The minimum Gasteiger partial charge on any atom is -0.365 e. The summed E-state index contributed by atoms with van der Waals surface area (Å²) in [4.78, 5) is 23.8. The van der Waals surface area contributed by atoms with Gasteiger partial charge in [-0.25, -0.2) is 4.99 Å². The average Bonchev–Trinajstić information content (AvgIpc) is 2.80. The van der Waals surface area contributed by atoms with Gasteiger partial charge in [-0.3, -0.25) is 4.79 Å². The molecule has 0 saturated carbocycles. The predicted octanol–water partition coefficient (Wildman–Crippen LogP) is 7.06. The third-order valence-electron chi connectivity index (χ3n) is 8.17. The fourth-order valence-corrected chi connectivity index (χ4v) is 7.27. The highest BCUT2D eigenvalue weighted by atomic mass is 32.1. The number of hydrogen-bond acceptors (Lipinski definition) is 4. The van der Waals surface area contributed by atoms with Crippen molar-refractivity contribution in [2.75, 3.05) is 23.4 Å². The molecule has 3 aliphatic rings. The minimum atomic E-state index is -0.204. The summed E-state index contributed by atoms with van der Waals surface area (Å²) in [6.45, 7) is 20.4. The SMILES string of the molecule is CC1=CC(C)(C)N(C)c2cc3c(cc21)N=c1cc2c(cc1=[SH]3)N(CCCC(=O)NC(C)(C)C)C(C)(C)C=C2C. The number of hydrogen-bond donors (Lipinski definition) is 2. The van der Waals surface area contributed by atoms with Gasteiger partial charge < -0.3 is 15.1 Å². The lowest BCUT2D eigenvalue weighted by Gasteiger charge is -2.43. The van der Waals surface area contributed by atoms with Crippen LogP contribution in [-0.2, 0) is 4.79 Å². The number of nitrogens with one attached hydrogen (secondary N) is 1. The third kappa shape index (κ3) is 5.20. The zero-order valence-electron chi connectivity index (χ0n) is 25.3. The molecule has 2 aromatic carbocycles. The molecule has 1 N–H and O–H groups in total. The number of amides is 1. The molecule has 2 aromatic rings. The molecule has 0 spiro atoms. The maximum atomic E-state index is 12.5. The minimum absolute atomic E-state index is 0.0231. The molecular weight excluding hydrogens is 500 g/mol. The summed E-state index contributed by atoms with van der Waals surface area (Å²) in [5.74, 6) is 0.116.